The Kier molecular flexibility index (Phi) is 13.4. The van der Waals surface area contributed by atoms with Gasteiger partial charge in [0.05, 0.1) is 6.10 Å². The Balaban J connectivity index is 4.90. The molecule has 0 aromatic heterocycles. The summed E-state index contributed by atoms with van der Waals surface area (Å²) in [4.78, 5) is 38.2. The lowest BCUT2D eigenvalue weighted by molar-refractivity contribution is -0.142. The van der Waals surface area contributed by atoms with E-state index in [4.69, 9.17) is 11.5 Å². The predicted octanol–water partition coefficient (Wildman–Crippen LogP) is -1.39. The molecule has 164 valence electrons. The number of aliphatic carboxylic acids is 1. The third kappa shape index (κ3) is 11.2. The average molecular weight is 404 g/mol. The minimum Gasteiger partial charge on any atom is -0.480 e. The van der Waals surface area contributed by atoms with Gasteiger partial charge in [-0.3, -0.25) is 9.59 Å². The highest BCUT2D eigenvalue weighted by molar-refractivity contribution is 5.91. The number of unbranched alkanes of at least 4 members (excludes halogenated alkanes) is 2. The third-order valence-corrected chi connectivity index (χ3v) is 4.37. The molecule has 28 heavy (non-hydrogen) atoms. The summed E-state index contributed by atoms with van der Waals surface area (Å²) in [6.07, 6.45) is 2.23. The maximum absolute atomic E-state index is 12.6. The first-order valence-corrected chi connectivity index (χ1v) is 9.72. The van der Waals surface area contributed by atoms with Crippen molar-refractivity contribution < 1.29 is 24.6 Å². The number of nitrogens with one attached hydrogen (secondary N) is 2. The number of aliphatic hydroxyl groups excluding tert-OH is 1. The first-order valence-electron chi connectivity index (χ1n) is 9.72. The van der Waals surface area contributed by atoms with Gasteiger partial charge in [-0.2, -0.15) is 0 Å². The second-order valence-electron chi connectivity index (χ2n) is 7.31. The largest absolute Gasteiger partial charge is 0.480 e. The number of rotatable bonds is 15. The number of amides is 2. The number of carbonyl (C=O) groups excluding carboxylic acids is 2. The number of aliphatic hydroxyl groups is 1. The number of carboxylic acid groups (broad SMARTS) is 1. The molecule has 0 bridgehead atoms. The minimum absolute atomic E-state index is 0.297. The monoisotopic (exact) mass is 403 g/mol. The second kappa shape index (κ2) is 14.3. The highest BCUT2D eigenvalue weighted by Gasteiger charge is 2.28. The van der Waals surface area contributed by atoms with Crippen molar-refractivity contribution in [1.82, 2.24) is 15.5 Å². The predicted molar refractivity (Wildman–Crippen MR) is 106 cm³/mol. The summed E-state index contributed by atoms with van der Waals surface area (Å²) < 4.78 is 0. The van der Waals surface area contributed by atoms with Crippen molar-refractivity contribution in [3.8, 4) is 0 Å². The number of nitrogens with zero attached hydrogens (tertiary/aromatic N) is 1. The van der Waals surface area contributed by atoms with E-state index in [0.717, 1.165) is 13.0 Å². The summed E-state index contributed by atoms with van der Waals surface area (Å²) in [5.74, 6) is -2.37. The smallest absolute Gasteiger partial charge is 0.326 e. The van der Waals surface area contributed by atoms with E-state index in [9.17, 15) is 24.6 Å². The zero-order valence-corrected chi connectivity index (χ0v) is 17.2. The average Bonchev–Trinajstić information content (AvgIpc) is 2.61. The number of hydrogen-bond acceptors (Lipinski definition) is 7. The van der Waals surface area contributed by atoms with E-state index in [1.165, 1.54) is 6.92 Å². The Morgan fingerprint density at radius 3 is 2.00 bits per heavy atom. The Morgan fingerprint density at radius 2 is 1.50 bits per heavy atom. The molecular formula is C18H37N5O5. The zero-order chi connectivity index (χ0) is 21.7. The van der Waals surface area contributed by atoms with Gasteiger partial charge in [0.15, 0.2) is 0 Å². The lowest BCUT2D eigenvalue weighted by Crippen LogP contribution is -2.56. The molecule has 0 rings (SSSR count). The van der Waals surface area contributed by atoms with Crippen molar-refractivity contribution >= 4 is 17.8 Å². The molecule has 0 aliphatic carbocycles. The Bertz CT molecular complexity index is 487. The molecule has 0 radical (unpaired) electrons. The van der Waals surface area contributed by atoms with Gasteiger partial charge in [0.25, 0.3) is 0 Å². The maximum Gasteiger partial charge on any atom is 0.326 e. The van der Waals surface area contributed by atoms with Gasteiger partial charge >= 0.3 is 5.97 Å². The fourth-order valence-corrected chi connectivity index (χ4v) is 2.55. The molecule has 4 atom stereocenters. The van der Waals surface area contributed by atoms with Crippen LogP contribution in [0.2, 0.25) is 0 Å². The molecule has 0 aromatic carbocycles. The molecule has 0 saturated heterocycles. The molecule has 10 heteroatoms. The van der Waals surface area contributed by atoms with Gasteiger partial charge in [-0.1, -0.05) is 0 Å². The normalized spacial score (nSPS) is 15.5. The second-order valence-corrected chi connectivity index (χ2v) is 7.31. The van der Waals surface area contributed by atoms with Crippen molar-refractivity contribution in [1.29, 1.82) is 0 Å². The fourth-order valence-electron chi connectivity index (χ4n) is 2.55. The first-order chi connectivity index (χ1) is 13.1. The molecule has 8 N–H and O–H groups in total. The van der Waals surface area contributed by atoms with E-state index in [1.807, 2.05) is 19.0 Å². The van der Waals surface area contributed by atoms with Crippen LogP contribution in [0.3, 0.4) is 0 Å². The van der Waals surface area contributed by atoms with Gasteiger partial charge in [0.1, 0.15) is 18.1 Å². The van der Waals surface area contributed by atoms with Crippen LogP contribution in [0.5, 0.6) is 0 Å². The molecule has 0 aliphatic heterocycles. The number of nitrogens with two attached hydrogens (primary N) is 2. The highest BCUT2D eigenvalue weighted by Crippen LogP contribution is 2.06. The number of carbonyl (C=O) groups is 3. The highest BCUT2D eigenvalue weighted by atomic mass is 16.4. The summed E-state index contributed by atoms with van der Waals surface area (Å²) in [6, 6.07) is -3.15. The first kappa shape index (κ1) is 26.2. The summed E-state index contributed by atoms with van der Waals surface area (Å²) in [5, 5.41) is 23.8. The van der Waals surface area contributed by atoms with E-state index in [2.05, 4.69) is 10.6 Å². The van der Waals surface area contributed by atoms with Crippen LogP contribution in [-0.2, 0) is 14.4 Å². The van der Waals surface area contributed by atoms with Crippen LogP contribution >= 0.6 is 0 Å². The van der Waals surface area contributed by atoms with Gasteiger partial charge in [0.2, 0.25) is 11.8 Å². The Labute approximate surface area is 167 Å². The van der Waals surface area contributed by atoms with E-state index >= 15 is 0 Å². The minimum atomic E-state index is -1.17. The van der Waals surface area contributed by atoms with Gasteiger partial charge in [-0.15, -0.1) is 0 Å². The van der Waals surface area contributed by atoms with Crippen LogP contribution in [0, 0.1) is 0 Å². The van der Waals surface area contributed by atoms with Gasteiger partial charge in [-0.25, -0.2) is 4.79 Å². The van der Waals surface area contributed by atoms with E-state index in [1.54, 1.807) is 0 Å². The van der Waals surface area contributed by atoms with Gasteiger partial charge in [-0.05, 0) is 72.6 Å². The molecule has 0 heterocycles. The van der Waals surface area contributed by atoms with Crippen molar-refractivity contribution in [2.75, 3.05) is 27.2 Å². The topological polar surface area (TPSA) is 171 Å². The van der Waals surface area contributed by atoms with Crippen LogP contribution in [0.25, 0.3) is 0 Å². The lowest BCUT2D eigenvalue weighted by atomic mass is 10.0. The van der Waals surface area contributed by atoms with Crippen molar-refractivity contribution in [2.24, 2.45) is 11.5 Å². The number of hydrogen-bond donors (Lipinski definition) is 6. The van der Waals surface area contributed by atoms with Crippen LogP contribution in [-0.4, -0.2) is 84.3 Å². The summed E-state index contributed by atoms with van der Waals surface area (Å²) in [6.45, 7) is 2.65. The quantitative estimate of drug-likeness (QED) is 0.181. The Morgan fingerprint density at radius 1 is 0.964 bits per heavy atom. The molecule has 0 spiro atoms. The molecule has 2 amide bonds. The summed E-state index contributed by atoms with van der Waals surface area (Å²) in [7, 11) is 3.87. The van der Waals surface area contributed by atoms with Crippen molar-refractivity contribution in [2.45, 2.75) is 69.7 Å². The van der Waals surface area contributed by atoms with Gasteiger partial charge < -0.3 is 37.2 Å². The molecule has 0 unspecified atom stereocenters. The van der Waals surface area contributed by atoms with Crippen molar-refractivity contribution in [3.63, 3.8) is 0 Å². The zero-order valence-electron chi connectivity index (χ0n) is 17.2. The SMILES string of the molecule is C[C@@H](O)[C@H](N)C(=O)N[C@@H](CCCCN)C(=O)N[C@@H](CCCCN(C)C)C(=O)O. The van der Waals surface area contributed by atoms with Crippen LogP contribution in [0.4, 0.5) is 0 Å². The van der Waals surface area contributed by atoms with Crippen LogP contribution < -0.4 is 22.1 Å². The maximum atomic E-state index is 12.6. The molecule has 10 nitrogen and oxygen atoms in total. The fraction of sp³-hybridized carbons (Fsp3) is 0.833. The summed E-state index contributed by atoms with van der Waals surface area (Å²) >= 11 is 0. The number of carboxylic acids is 1. The van der Waals surface area contributed by atoms with Crippen LogP contribution in [0.15, 0.2) is 0 Å². The molecule has 0 fully saturated rings. The van der Waals surface area contributed by atoms with Crippen LogP contribution in [0.1, 0.15) is 45.4 Å². The summed E-state index contributed by atoms with van der Waals surface area (Å²) in [5.41, 5.74) is 11.1. The molecular weight excluding hydrogens is 366 g/mol. The van der Waals surface area contributed by atoms with Gasteiger partial charge in [0, 0.05) is 0 Å². The van der Waals surface area contributed by atoms with E-state index in [-0.39, 0.29) is 0 Å². The van der Waals surface area contributed by atoms with E-state index in [0.29, 0.717) is 38.6 Å². The standard InChI is InChI=1S/C18H37N5O5/c1-12(24)15(20)17(26)21-13(8-4-6-10-19)16(25)22-14(18(27)28)9-5-7-11-23(2)3/h12-15,24H,4-11,19-20H2,1-3H3,(H,21,26)(H,22,25)(H,27,28)/t12-,13+,14+,15+/m1/s1. The third-order valence-electron chi connectivity index (χ3n) is 4.37. The van der Waals surface area contributed by atoms with E-state index < -0.39 is 42.0 Å². The molecule has 0 saturated carbocycles. The molecule has 0 aromatic rings. The molecule has 0 aliphatic rings. The van der Waals surface area contributed by atoms with Crippen molar-refractivity contribution in [3.05, 3.63) is 0 Å². The Hall–Kier alpha value is -1.75. The lowest BCUT2D eigenvalue weighted by Gasteiger charge is -2.23.